The molecule has 1 aromatic heterocycles. The number of hydrogen-bond donors (Lipinski definition) is 2. The Balaban J connectivity index is 1.49. The van der Waals surface area contributed by atoms with E-state index in [1.807, 2.05) is 29.1 Å². The van der Waals surface area contributed by atoms with E-state index in [-0.39, 0.29) is 23.7 Å². The number of benzene rings is 3. The van der Waals surface area contributed by atoms with Gasteiger partial charge in [-0.2, -0.15) is 5.10 Å². The van der Waals surface area contributed by atoms with Gasteiger partial charge in [0.1, 0.15) is 5.82 Å². The van der Waals surface area contributed by atoms with E-state index < -0.39 is 5.41 Å². The zero-order valence-electron chi connectivity index (χ0n) is 20.9. The SMILES string of the molecule is CC(C)(C(=O)NC1CCNCC1)C(Cc1ccccc1)c1ccc2c(cnn2-c2ccc(F)cc2)c1. The average molecular weight is 485 g/mol. The molecule has 1 unspecified atom stereocenters. The maximum absolute atomic E-state index is 13.6. The number of piperidine rings is 1. The molecule has 3 aromatic carbocycles. The summed E-state index contributed by atoms with van der Waals surface area (Å²) in [5.41, 5.74) is 3.44. The van der Waals surface area contributed by atoms with Gasteiger partial charge in [0.15, 0.2) is 0 Å². The van der Waals surface area contributed by atoms with E-state index in [4.69, 9.17) is 0 Å². The first kappa shape index (κ1) is 24.2. The van der Waals surface area contributed by atoms with Gasteiger partial charge in [-0.05, 0) is 79.9 Å². The van der Waals surface area contributed by atoms with Crippen molar-refractivity contribution >= 4 is 16.8 Å². The number of rotatable bonds is 7. The summed E-state index contributed by atoms with van der Waals surface area (Å²) >= 11 is 0. The smallest absolute Gasteiger partial charge is 0.226 e. The number of carbonyl (C=O) groups is 1. The molecule has 1 amide bonds. The third-order valence-electron chi connectivity index (χ3n) is 7.48. The molecule has 1 aliphatic rings. The van der Waals surface area contributed by atoms with Gasteiger partial charge in [-0.1, -0.05) is 50.2 Å². The van der Waals surface area contributed by atoms with Gasteiger partial charge in [0.2, 0.25) is 5.91 Å². The van der Waals surface area contributed by atoms with Crippen molar-refractivity contribution in [3.63, 3.8) is 0 Å². The fourth-order valence-electron chi connectivity index (χ4n) is 5.19. The topological polar surface area (TPSA) is 59.0 Å². The minimum absolute atomic E-state index is 0.0276. The van der Waals surface area contributed by atoms with Crippen LogP contribution in [0, 0.1) is 11.2 Å². The molecular weight excluding hydrogens is 451 g/mol. The monoisotopic (exact) mass is 484 g/mol. The molecule has 186 valence electrons. The largest absolute Gasteiger partial charge is 0.353 e. The Morgan fingerprint density at radius 2 is 1.81 bits per heavy atom. The first-order valence-corrected chi connectivity index (χ1v) is 12.7. The second-order valence-corrected chi connectivity index (χ2v) is 10.3. The maximum atomic E-state index is 13.6. The van der Waals surface area contributed by atoms with Gasteiger partial charge in [-0.15, -0.1) is 0 Å². The lowest BCUT2D eigenvalue weighted by atomic mass is 9.71. The molecule has 1 fully saturated rings. The summed E-state index contributed by atoms with van der Waals surface area (Å²) in [5, 5.41) is 12.3. The van der Waals surface area contributed by atoms with Crippen LogP contribution in [0.1, 0.15) is 43.7 Å². The highest BCUT2D eigenvalue weighted by Gasteiger charge is 2.39. The van der Waals surface area contributed by atoms with Crippen molar-refractivity contribution in [2.24, 2.45) is 5.41 Å². The summed E-state index contributed by atoms with van der Waals surface area (Å²) in [6.07, 6.45) is 4.51. The number of halogens is 1. The Morgan fingerprint density at radius 3 is 2.53 bits per heavy atom. The first-order chi connectivity index (χ1) is 17.4. The van der Waals surface area contributed by atoms with E-state index >= 15 is 0 Å². The molecule has 1 saturated heterocycles. The molecule has 0 saturated carbocycles. The van der Waals surface area contributed by atoms with Crippen LogP contribution in [0.5, 0.6) is 0 Å². The Kier molecular flexibility index (Phi) is 6.88. The summed E-state index contributed by atoms with van der Waals surface area (Å²) < 4.78 is 15.2. The van der Waals surface area contributed by atoms with Crippen molar-refractivity contribution in [2.75, 3.05) is 13.1 Å². The van der Waals surface area contributed by atoms with Crippen molar-refractivity contribution in [1.29, 1.82) is 0 Å². The lowest BCUT2D eigenvalue weighted by molar-refractivity contribution is -0.131. The van der Waals surface area contributed by atoms with Crippen LogP contribution in [0.4, 0.5) is 4.39 Å². The first-order valence-electron chi connectivity index (χ1n) is 12.7. The third-order valence-corrected chi connectivity index (χ3v) is 7.48. The van der Waals surface area contributed by atoms with Gasteiger partial charge in [-0.25, -0.2) is 9.07 Å². The molecule has 0 spiro atoms. The van der Waals surface area contributed by atoms with Crippen LogP contribution < -0.4 is 10.6 Å². The van der Waals surface area contributed by atoms with Crippen LogP contribution in [-0.2, 0) is 11.2 Å². The number of carbonyl (C=O) groups excluding carboxylic acids is 1. The normalized spacial score (nSPS) is 15.6. The van der Waals surface area contributed by atoms with Gasteiger partial charge in [0.05, 0.1) is 22.8 Å². The predicted octanol–water partition coefficient (Wildman–Crippen LogP) is 5.39. The van der Waals surface area contributed by atoms with Crippen LogP contribution in [0.2, 0.25) is 0 Å². The number of nitrogens with one attached hydrogen (secondary N) is 2. The molecular formula is C30H33FN4O. The number of aromatic nitrogens is 2. The van der Waals surface area contributed by atoms with E-state index in [1.54, 1.807) is 12.1 Å². The van der Waals surface area contributed by atoms with Crippen molar-refractivity contribution in [1.82, 2.24) is 20.4 Å². The Bertz CT molecular complexity index is 1320. The maximum Gasteiger partial charge on any atom is 0.226 e. The van der Waals surface area contributed by atoms with Crippen molar-refractivity contribution in [3.05, 3.63) is 95.9 Å². The van der Waals surface area contributed by atoms with Crippen molar-refractivity contribution in [3.8, 4) is 5.69 Å². The number of fused-ring (bicyclic) bond motifs is 1. The van der Waals surface area contributed by atoms with Gasteiger partial charge in [0.25, 0.3) is 0 Å². The van der Waals surface area contributed by atoms with E-state index in [9.17, 15) is 9.18 Å². The number of hydrogen-bond acceptors (Lipinski definition) is 3. The molecule has 5 rings (SSSR count). The Labute approximate surface area is 211 Å². The van der Waals surface area contributed by atoms with Crippen LogP contribution in [-0.4, -0.2) is 34.8 Å². The van der Waals surface area contributed by atoms with Gasteiger partial charge in [0, 0.05) is 17.3 Å². The Hall–Kier alpha value is -3.51. The zero-order valence-corrected chi connectivity index (χ0v) is 20.9. The second kappa shape index (κ2) is 10.2. The fourth-order valence-corrected chi connectivity index (χ4v) is 5.19. The standard InChI is InChI=1S/C30H33FN4O/c1-30(2,29(36)34-25-14-16-32-17-15-25)27(18-21-6-4-3-5-7-21)22-8-13-28-23(19-22)20-33-35(28)26-11-9-24(31)10-12-26/h3-13,19-20,25,27,32H,14-18H2,1-2H3,(H,34,36). The highest BCUT2D eigenvalue weighted by atomic mass is 19.1. The molecule has 5 nitrogen and oxygen atoms in total. The van der Waals surface area contributed by atoms with E-state index in [2.05, 4.69) is 59.9 Å². The minimum atomic E-state index is -0.624. The molecule has 6 heteroatoms. The summed E-state index contributed by atoms with van der Waals surface area (Å²) in [6, 6.07) is 23.2. The molecule has 0 bridgehead atoms. The third kappa shape index (κ3) is 5.05. The number of amides is 1. The lowest BCUT2D eigenvalue weighted by Crippen LogP contribution is -2.49. The summed E-state index contributed by atoms with van der Waals surface area (Å²) in [6.45, 7) is 5.99. The molecule has 1 atom stereocenters. The van der Waals surface area contributed by atoms with E-state index in [1.165, 1.54) is 17.7 Å². The molecule has 2 N–H and O–H groups in total. The molecule has 0 radical (unpaired) electrons. The minimum Gasteiger partial charge on any atom is -0.353 e. The second-order valence-electron chi connectivity index (χ2n) is 10.3. The highest BCUT2D eigenvalue weighted by molar-refractivity contribution is 5.85. The molecule has 2 heterocycles. The van der Waals surface area contributed by atoms with E-state index in [0.717, 1.165) is 54.5 Å². The van der Waals surface area contributed by atoms with Gasteiger partial charge >= 0.3 is 0 Å². The molecule has 4 aromatic rings. The van der Waals surface area contributed by atoms with Crippen molar-refractivity contribution < 1.29 is 9.18 Å². The summed E-state index contributed by atoms with van der Waals surface area (Å²) in [5.74, 6) is -0.205. The average Bonchev–Trinajstić information content (AvgIpc) is 3.32. The number of nitrogens with zero attached hydrogens (tertiary/aromatic N) is 2. The zero-order chi connectivity index (χ0) is 25.1. The lowest BCUT2D eigenvalue weighted by Gasteiger charge is -2.36. The van der Waals surface area contributed by atoms with Gasteiger partial charge in [-0.3, -0.25) is 4.79 Å². The summed E-state index contributed by atoms with van der Waals surface area (Å²) in [4.78, 5) is 13.6. The van der Waals surface area contributed by atoms with Crippen molar-refractivity contribution in [2.45, 2.75) is 45.1 Å². The van der Waals surface area contributed by atoms with E-state index in [0.29, 0.717) is 0 Å². The molecule has 1 aliphatic heterocycles. The van der Waals surface area contributed by atoms with Crippen LogP contribution in [0.25, 0.3) is 16.6 Å². The van der Waals surface area contributed by atoms with Crippen LogP contribution in [0.15, 0.2) is 79.0 Å². The molecule has 36 heavy (non-hydrogen) atoms. The summed E-state index contributed by atoms with van der Waals surface area (Å²) in [7, 11) is 0. The highest BCUT2D eigenvalue weighted by Crippen LogP contribution is 2.40. The van der Waals surface area contributed by atoms with Gasteiger partial charge < -0.3 is 10.6 Å². The fraction of sp³-hybridized carbons (Fsp3) is 0.333. The van der Waals surface area contributed by atoms with Crippen LogP contribution in [0.3, 0.4) is 0 Å². The predicted molar refractivity (Wildman–Crippen MR) is 142 cm³/mol. The Morgan fingerprint density at radius 1 is 1.08 bits per heavy atom. The van der Waals surface area contributed by atoms with Crippen LogP contribution >= 0.6 is 0 Å². The quantitative estimate of drug-likeness (QED) is 0.370. The molecule has 0 aliphatic carbocycles.